The standard InChI is InChI=1S/C9H12FN3O3S2/c1-18(15,16)12-8-3-2-6(4-7(8)10)5-13(14)9(11)17/h2-4,12,14H,5H2,1H3,(H2,11,17). The number of nitrogens with two attached hydrogens (primary N) is 1. The van der Waals surface area contributed by atoms with E-state index in [-0.39, 0.29) is 17.3 Å². The Morgan fingerprint density at radius 1 is 1.61 bits per heavy atom. The summed E-state index contributed by atoms with van der Waals surface area (Å²) in [4.78, 5) is 0. The smallest absolute Gasteiger partial charge is 0.229 e. The number of hydroxylamine groups is 2. The molecule has 0 fully saturated rings. The van der Waals surface area contributed by atoms with E-state index in [1.807, 2.05) is 4.72 Å². The third-order valence-corrected chi connectivity index (χ3v) is 2.72. The van der Waals surface area contributed by atoms with Gasteiger partial charge in [-0.15, -0.1) is 0 Å². The molecule has 0 saturated heterocycles. The van der Waals surface area contributed by atoms with E-state index in [0.29, 0.717) is 10.6 Å². The van der Waals surface area contributed by atoms with Crippen molar-refractivity contribution in [3.63, 3.8) is 0 Å². The van der Waals surface area contributed by atoms with E-state index in [1.165, 1.54) is 12.1 Å². The van der Waals surface area contributed by atoms with Crippen molar-refractivity contribution in [2.24, 2.45) is 5.73 Å². The first-order valence-electron chi connectivity index (χ1n) is 4.71. The molecule has 0 saturated carbocycles. The van der Waals surface area contributed by atoms with Gasteiger partial charge in [0.1, 0.15) is 5.82 Å². The molecule has 0 amide bonds. The molecule has 100 valence electrons. The summed E-state index contributed by atoms with van der Waals surface area (Å²) in [6, 6.07) is 3.77. The van der Waals surface area contributed by atoms with Crippen LogP contribution < -0.4 is 10.5 Å². The Morgan fingerprint density at radius 3 is 2.67 bits per heavy atom. The number of nitrogens with zero attached hydrogens (tertiary/aromatic N) is 1. The second kappa shape index (κ2) is 5.46. The third kappa shape index (κ3) is 4.43. The first-order valence-corrected chi connectivity index (χ1v) is 7.01. The largest absolute Gasteiger partial charge is 0.374 e. The molecule has 0 aliphatic heterocycles. The van der Waals surface area contributed by atoms with E-state index < -0.39 is 15.8 Å². The Bertz CT molecular complexity index is 562. The van der Waals surface area contributed by atoms with Gasteiger partial charge in [-0.25, -0.2) is 17.9 Å². The number of hydrogen-bond acceptors (Lipinski definition) is 4. The molecule has 0 aromatic heterocycles. The van der Waals surface area contributed by atoms with Crippen LogP contribution in [-0.2, 0) is 16.6 Å². The zero-order valence-corrected chi connectivity index (χ0v) is 11.1. The molecule has 0 unspecified atom stereocenters. The maximum atomic E-state index is 13.5. The lowest BCUT2D eigenvalue weighted by Crippen LogP contribution is -2.31. The fraction of sp³-hybridized carbons (Fsp3) is 0.222. The lowest BCUT2D eigenvalue weighted by Gasteiger charge is -2.15. The highest BCUT2D eigenvalue weighted by atomic mass is 32.2. The fourth-order valence-electron chi connectivity index (χ4n) is 1.19. The lowest BCUT2D eigenvalue weighted by atomic mass is 10.2. The van der Waals surface area contributed by atoms with Gasteiger partial charge in [0.15, 0.2) is 5.11 Å². The molecule has 6 nitrogen and oxygen atoms in total. The molecular formula is C9H12FN3O3S2. The van der Waals surface area contributed by atoms with Crippen LogP contribution in [0.15, 0.2) is 18.2 Å². The van der Waals surface area contributed by atoms with Gasteiger partial charge >= 0.3 is 0 Å². The van der Waals surface area contributed by atoms with Gasteiger partial charge < -0.3 is 5.73 Å². The van der Waals surface area contributed by atoms with Gasteiger partial charge in [0.2, 0.25) is 10.0 Å². The summed E-state index contributed by atoms with van der Waals surface area (Å²) in [5, 5.41) is 9.59. The predicted octanol–water partition coefficient (Wildman–Crippen LogP) is 0.632. The van der Waals surface area contributed by atoms with Crippen LogP contribution in [0, 0.1) is 5.82 Å². The first-order chi connectivity index (χ1) is 8.19. The summed E-state index contributed by atoms with van der Waals surface area (Å²) in [6.45, 7) is -0.0919. The van der Waals surface area contributed by atoms with E-state index >= 15 is 0 Å². The number of nitrogens with one attached hydrogen (secondary N) is 1. The molecule has 1 aromatic carbocycles. The molecule has 0 atom stereocenters. The van der Waals surface area contributed by atoms with Gasteiger partial charge in [0.25, 0.3) is 0 Å². The zero-order valence-electron chi connectivity index (χ0n) is 9.42. The average Bonchev–Trinajstić information content (AvgIpc) is 2.20. The second-order valence-electron chi connectivity index (χ2n) is 3.58. The number of sulfonamides is 1. The van der Waals surface area contributed by atoms with E-state index in [2.05, 4.69) is 12.2 Å². The quantitative estimate of drug-likeness (QED) is 0.557. The van der Waals surface area contributed by atoms with Crippen molar-refractivity contribution in [2.75, 3.05) is 11.0 Å². The van der Waals surface area contributed by atoms with Crippen LogP contribution in [0.1, 0.15) is 5.56 Å². The van der Waals surface area contributed by atoms with Crippen molar-refractivity contribution in [1.29, 1.82) is 0 Å². The highest BCUT2D eigenvalue weighted by Gasteiger charge is 2.10. The number of rotatable bonds is 4. The van der Waals surface area contributed by atoms with E-state index in [1.54, 1.807) is 0 Å². The number of thiocarbonyl (C=S) groups is 1. The highest BCUT2D eigenvalue weighted by molar-refractivity contribution is 7.92. The topological polar surface area (TPSA) is 95.7 Å². The second-order valence-corrected chi connectivity index (χ2v) is 5.75. The summed E-state index contributed by atoms with van der Waals surface area (Å²) < 4.78 is 37.5. The van der Waals surface area contributed by atoms with Crippen LogP contribution >= 0.6 is 12.2 Å². The Hall–Kier alpha value is -1.45. The summed E-state index contributed by atoms with van der Waals surface area (Å²) in [5.74, 6) is -0.755. The number of hydrogen-bond donors (Lipinski definition) is 3. The van der Waals surface area contributed by atoms with Crippen molar-refractivity contribution in [3.8, 4) is 0 Å². The van der Waals surface area contributed by atoms with Gasteiger partial charge in [0.05, 0.1) is 18.5 Å². The van der Waals surface area contributed by atoms with Crippen molar-refractivity contribution in [2.45, 2.75) is 6.54 Å². The van der Waals surface area contributed by atoms with Crippen molar-refractivity contribution < 1.29 is 18.0 Å². The van der Waals surface area contributed by atoms with Gasteiger partial charge in [-0.1, -0.05) is 6.07 Å². The Kier molecular flexibility index (Phi) is 4.43. The van der Waals surface area contributed by atoms with Crippen LogP contribution in [0.5, 0.6) is 0 Å². The number of anilines is 1. The van der Waals surface area contributed by atoms with Crippen LogP contribution in [0.2, 0.25) is 0 Å². The maximum Gasteiger partial charge on any atom is 0.229 e. The highest BCUT2D eigenvalue weighted by Crippen LogP contribution is 2.17. The Balaban J connectivity index is 2.89. The number of halogens is 1. The molecule has 9 heteroatoms. The van der Waals surface area contributed by atoms with Crippen LogP contribution in [-0.4, -0.2) is 30.1 Å². The molecule has 0 radical (unpaired) electrons. The minimum Gasteiger partial charge on any atom is -0.374 e. The van der Waals surface area contributed by atoms with Crippen LogP contribution in [0.25, 0.3) is 0 Å². The Morgan fingerprint density at radius 2 is 2.22 bits per heavy atom. The summed E-state index contributed by atoms with van der Waals surface area (Å²) in [6.07, 6.45) is 0.919. The summed E-state index contributed by atoms with van der Waals surface area (Å²) >= 11 is 4.52. The van der Waals surface area contributed by atoms with Gasteiger partial charge in [-0.2, -0.15) is 0 Å². The molecule has 18 heavy (non-hydrogen) atoms. The first kappa shape index (κ1) is 14.6. The molecule has 0 spiro atoms. The molecule has 0 bridgehead atoms. The zero-order chi connectivity index (χ0) is 13.9. The van der Waals surface area contributed by atoms with Crippen molar-refractivity contribution in [1.82, 2.24) is 5.06 Å². The number of benzene rings is 1. The van der Waals surface area contributed by atoms with E-state index in [4.69, 9.17) is 5.73 Å². The molecule has 0 heterocycles. The van der Waals surface area contributed by atoms with Gasteiger partial charge in [0, 0.05) is 0 Å². The van der Waals surface area contributed by atoms with Crippen LogP contribution in [0.3, 0.4) is 0 Å². The predicted molar refractivity (Wildman–Crippen MR) is 69.0 cm³/mol. The monoisotopic (exact) mass is 293 g/mol. The summed E-state index contributed by atoms with van der Waals surface area (Å²) in [5.41, 5.74) is 5.38. The van der Waals surface area contributed by atoms with Gasteiger partial charge in [-0.05, 0) is 29.9 Å². The van der Waals surface area contributed by atoms with Gasteiger partial charge in [-0.3, -0.25) is 9.93 Å². The molecular weight excluding hydrogens is 281 g/mol. The lowest BCUT2D eigenvalue weighted by molar-refractivity contribution is -0.0212. The summed E-state index contributed by atoms with van der Waals surface area (Å²) in [7, 11) is -3.54. The van der Waals surface area contributed by atoms with Crippen molar-refractivity contribution in [3.05, 3.63) is 29.6 Å². The molecule has 4 N–H and O–H groups in total. The average molecular weight is 293 g/mol. The molecule has 0 aliphatic rings. The molecule has 0 aliphatic carbocycles. The minimum atomic E-state index is -3.54. The third-order valence-electron chi connectivity index (χ3n) is 1.92. The Labute approximate surface area is 109 Å². The normalized spacial score (nSPS) is 11.1. The van der Waals surface area contributed by atoms with Crippen molar-refractivity contribution >= 4 is 33.0 Å². The fourth-order valence-corrected chi connectivity index (χ4v) is 1.82. The maximum absolute atomic E-state index is 13.5. The van der Waals surface area contributed by atoms with E-state index in [0.717, 1.165) is 12.3 Å². The minimum absolute atomic E-state index is 0.0919. The SMILES string of the molecule is CS(=O)(=O)Nc1ccc(CN(O)C(N)=S)cc1F. The van der Waals surface area contributed by atoms with E-state index in [9.17, 15) is 18.0 Å². The molecule has 1 aromatic rings. The molecule has 1 rings (SSSR count). The van der Waals surface area contributed by atoms with Crippen LogP contribution in [0.4, 0.5) is 10.1 Å².